The van der Waals surface area contributed by atoms with Gasteiger partial charge in [-0.2, -0.15) is 0 Å². The quantitative estimate of drug-likeness (QED) is 0.683. The minimum atomic E-state index is 0.740. The fourth-order valence-corrected chi connectivity index (χ4v) is 2.41. The molecular formula is C13H24N2S. The number of nitrogens with one attached hydrogen (secondary N) is 2. The van der Waals surface area contributed by atoms with Crippen LogP contribution in [0, 0.1) is 5.92 Å². The van der Waals surface area contributed by atoms with Gasteiger partial charge in [-0.05, 0) is 31.0 Å². The molecule has 0 aliphatic heterocycles. The van der Waals surface area contributed by atoms with Crippen LogP contribution in [0.1, 0.15) is 30.5 Å². The first-order chi connectivity index (χ1) is 7.72. The van der Waals surface area contributed by atoms with Crippen LogP contribution >= 0.6 is 11.3 Å². The molecule has 1 heterocycles. The summed E-state index contributed by atoms with van der Waals surface area (Å²) in [5.41, 5.74) is 0. The molecule has 0 aromatic carbocycles. The van der Waals surface area contributed by atoms with Crippen LogP contribution in [0.2, 0.25) is 0 Å². The minimum Gasteiger partial charge on any atom is -0.315 e. The summed E-state index contributed by atoms with van der Waals surface area (Å²) in [4.78, 5) is 2.93. The van der Waals surface area contributed by atoms with E-state index in [9.17, 15) is 0 Å². The zero-order valence-corrected chi connectivity index (χ0v) is 11.5. The molecule has 0 saturated carbocycles. The molecule has 3 heteroatoms. The Bertz CT molecular complexity index is 281. The van der Waals surface area contributed by atoms with Crippen molar-refractivity contribution in [3.8, 4) is 0 Å². The highest BCUT2D eigenvalue weighted by atomic mass is 32.1. The van der Waals surface area contributed by atoms with E-state index >= 15 is 0 Å². The minimum absolute atomic E-state index is 0.740. The lowest BCUT2D eigenvalue weighted by atomic mass is 10.2. The molecule has 1 aromatic rings. The van der Waals surface area contributed by atoms with Gasteiger partial charge in [0.1, 0.15) is 0 Å². The molecule has 0 aliphatic carbocycles. The van der Waals surface area contributed by atoms with Gasteiger partial charge in [-0.25, -0.2) is 0 Å². The molecule has 0 spiro atoms. The Hall–Kier alpha value is -0.380. The summed E-state index contributed by atoms with van der Waals surface area (Å²) in [7, 11) is 0. The van der Waals surface area contributed by atoms with Crippen LogP contribution < -0.4 is 10.6 Å². The first-order valence-corrected chi connectivity index (χ1v) is 7.03. The van der Waals surface area contributed by atoms with E-state index in [1.54, 1.807) is 0 Å². The number of rotatable bonds is 8. The molecule has 0 radical (unpaired) electrons. The van der Waals surface area contributed by atoms with Crippen molar-refractivity contribution >= 4 is 11.3 Å². The Morgan fingerprint density at radius 1 is 1.12 bits per heavy atom. The van der Waals surface area contributed by atoms with Crippen LogP contribution in [0.15, 0.2) is 12.1 Å². The van der Waals surface area contributed by atoms with Gasteiger partial charge in [0, 0.05) is 29.4 Å². The van der Waals surface area contributed by atoms with E-state index < -0.39 is 0 Å². The molecule has 0 atom stereocenters. The van der Waals surface area contributed by atoms with Crippen molar-refractivity contribution in [2.75, 3.05) is 19.6 Å². The Labute approximate surface area is 103 Å². The smallest absolute Gasteiger partial charge is 0.0300 e. The highest BCUT2D eigenvalue weighted by Gasteiger charge is 1.97. The second-order valence-electron chi connectivity index (χ2n) is 4.50. The van der Waals surface area contributed by atoms with Crippen molar-refractivity contribution < 1.29 is 0 Å². The molecule has 0 unspecified atom stereocenters. The standard InChI is InChI=1S/C13H24N2S/c1-4-12-5-6-13(16-12)10-15-8-7-14-9-11(2)3/h5-6,11,14-15H,4,7-10H2,1-3H3. The third kappa shape index (κ3) is 5.64. The van der Waals surface area contributed by atoms with Gasteiger partial charge >= 0.3 is 0 Å². The van der Waals surface area contributed by atoms with Gasteiger partial charge in [0.2, 0.25) is 0 Å². The monoisotopic (exact) mass is 240 g/mol. The largest absolute Gasteiger partial charge is 0.315 e. The predicted molar refractivity (Wildman–Crippen MR) is 73.1 cm³/mol. The molecular weight excluding hydrogens is 216 g/mol. The number of hydrogen-bond donors (Lipinski definition) is 2. The van der Waals surface area contributed by atoms with Crippen molar-refractivity contribution in [2.24, 2.45) is 5.92 Å². The van der Waals surface area contributed by atoms with Crippen LogP contribution in [0.3, 0.4) is 0 Å². The maximum atomic E-state index is 3.46. The highest BCUT2D eigenvalue weighted by Crippen LogP contribution is 2.16. The summed E-state index contributed by atoms with van der Waals surface area (Å²) >= 11 is 1.92. The average Bonchev–Trinajstić information content (AvgIpc) is 2.70. The van der Waals surface area contributed by atoms with E-state index in [2.05, 4.69) is 43.5 Å². The van der Waals surface area contributed by atoms with Gasteiger partial charge in [0.05, 0.1) is 0 Å². The maximum absolute atomic E-state index is 3.46. The van der Waals surface area contributed by atoms with Crippen LogP contribution in [0.25, 0.3) is 0 Å². The van der Waals surface area contributed by atoms with Crippen molar-refractivity contribution in [1.29, 1.82) is 0 Å². The molecule has 92 valence electrons. The molecule has 0 aliphatic rings. The lowest BCUT2D eigenvalue weighted by molar-refractivity contribution is 0.536. The Balaban J connectivity index is 2.02. The van der Waals surface area contributed by atoms with Crippen LogP contribution in [-0.4, -0.2) is 19.6 Å². The normalized spacial score (nSPS) is 11.2. The van der Waals surface area contributed by atoms with Crippen LogP contribution in [0.4, 0.5) is 0 Å². The van der Waals surface area contributed by atoms with E-state index in [4.69, 9.17) is 0 Å². The lowest BCUT2D eigenvalue weighted by Crippen LogP contribution is -2.29. The van der Waals surface area contributed by atoms with Gasteiger partial charge in [0.25, 0.3) is 0 Å². The molecule has 0 saturated heterocycles. The Kier molecular flexibility index (Phi) is 6.69. The van der Waals surface area contributed by atoms with Gasteiger partial charge in [-0.1, -0.05) is 20.8 Å². The lowest BCUT2D eigenvalue weighted by Gasteiger charge is -2.07. The van der Waals surface area contributed by atoms with E-state index in [-0.39, 0.29) is 0 Å². The van der Waals surface area contributed by atoms with E-state index in [1.807, 2.05) is 11.3 Å². The Morgan fingerprint density at radius 3 is 2.44 bits per heavy atom. The second-order valence-corrected chi connectivity index (χ2v) is 5.75. The molecule has 16 heavy (non-hydrogen) atoms. The van der Waals surface area contributed by atoms with Gasteiger partial charge in [0.15, 0.2) is 0 Å². The van der Waals surface area contributed by atoms with Crippen molar-refractivity contribution in [1.82, 2.24) is 10.6 Å². The molecule has 0 fully saturated rings. The van der Waals surface area contributed by atoms with E-state index in [0.29, 0.717) is 0 Å². The molecule has 1 aromatic heterocycles. The topological polar surface area (TPSA) is 24.1 Å². The SMILES string of the molecule is CCc1ccc(CNCCNCC(C)C)s1. The molecule has 0 bridgehead atoms. The average molecular weight is 240 g/mol. The summed E-state index contributed by atoms with van der Waals surface area (Å²) in [6, 6.07) is 4.47. The zero-order chi connectivity index (χ0) is 11.8. The Morgan fingerprint density at radius 2 is 1.81 bits per heavy atom. The first-order valence-electron chi connectivity index (χ1n) is 6.21. The van der Waals surface area contributed by atoms with Crippen LogP contribution in [-0.2, 0) is 13.0 Å². The predicted octanol–water partition coefficient (Wildman–Crippen LogP) is 2.65. The van der Waals surface area contributed by atoms with Gasteiger partial charge < -0.3 is 10.6 Å². The summed E-state index contributed by atoms with van der Waals surface area (Å²) in [6.07, 6.45) is 1.15. The molecule has 2 N–H and O–H groups in total. The van der Waals surface area contributed by atoms with E-state index in [1.165, 1.54) is 9.75 Å². The third-order valence-corrected chi connectivity index (χ3v) is 3.63. The second kappa shape index (κ2) is 7.82. The summed E-state index contributed by atoms with van der Waals surface area (Å²) in [5, 5.41) is 6.89. The third-order valence-electron chi connectivity index (χ3n) is 2.40. The van der Waals surface area contributed by atoms with Gasteiger partial charge in [-0.3, -0.25) is 0 Å². The van der Waals surface area contributed by atoms with E-state index in [0.717, 1.165) is 38.5 Å². The highest BCUT2D eigenvalue weighted by molar-refractivity contribution is 7.11. The van der Waals surface area contributed by atoms with Crippen molar-refractivity contribution in [3.05, 3.63) is 21.9 Å². The summed E-state index contributed by atoms with van der Waals surface area (Å²) in [6.45, 7) is 10.9. The molecule has 1 rings (SSSR count). The fourth-order valence-electron chi connectivity index (χ4n) is 1.49. The van der Waals surface area contributed by atoms with Crippen molar-refractivity contribution in [3.63, 3.8) is 0 Å². The zero-order valence-electron chi connectivity index (χ0n) is 10.7. The first kappa shape index (κ1) is 13.7. The molecule has 0 amide bonds. The summed E-state index contributed by atoms with van der Waals surface area (Å²) in [5.74, 6) is 0.740. The van der Waals surface area contributed by atoms with Gasteiger partial charge in [-0.15, -0.1) is 11.3 Å². The summed E-state index contributed by atoms with van der Waals surface area (Å²) < 4.78 is 0. The van der Waals surface area contributed by atoms with Crippen molar-refractivity contribution in [2.45, 2.75) is 33.7 Å². The molecule has 2 nitrogen and oxygen atoms in total. The number of hydrogen-bond acceptors (Lipinski definition) is 3. The fraction of sp³-hybridized carbons (Fsp3) is 0.692. The number of thiophene rings is 1. The number of aryl methyl sites for hydroxylation is 1. The van der Waals surface area contributed by atoms with Crippen LogP contribution in [0.5, 0.6) is 0 Å². The maximum Gasteiger partial charge on any atom is 0.0300 e.